The fraction of sp³-hybridized carbons (Fsp3) is 0.294. The van der Waals surface area contributed by atoms with E-state index in [-0.39, 0.29) is 5.92 Å². The molecule has 0 spiro atoms. The zero-order valence-corrected chi connectivity index (χ0v) is 12.4. The Morgan fingerprint density at radius 2 is 1.52 bits per heavy atom. The second kappa shape index (κ2) is 6.52. The predicted octanol–water partition coefficient (Wildman–Crippen LogP) is 5.58. The van der Waals surface area contributed by atoms with Gasteiger partial charge < -0.3 is 0 Å². The molecule has 2 aromatic rings. The van der Waals surface area contributed by atoms with Crippen LogP contribution >= 0.6 is 11.6 Å². The third kappa shape index (κ3) is 4.24. The molecule has 0 bridgehead atoms. The topological polar surface area (TPSA) is 0 Å². The highest BCUT2D eigenvalue weighted by Crippen LogP contribution is 2.30. The SMILES string of the molecule is Cc1ccc(C(CCl)Cc2ccc(C(F)(F)F)cc2)cc1. The monoisotopic (exact) mass is 312 g/mol. The van der Waals surface area contributed by atoms with Gasteiger partial charge in [-0.25, -0.2) is 0 Å². The molecule has 0 radical (unpaired) electrons. The van der Waals surface area contributed by atoms with Crippen LogP contribution in [0.4, 0.5) is 13.2 Å². The molecule has 0 aliphatic carbocycles. The molecule has 0 aliphatic rings. The van der Waals surface area contributed by atoms with E-state index in [2.05, 4.69) is 0 Å². The molecule has 1 atom stereocenters. The first-order valence-corrected chi connectivity index (χ1v) is 7.22. The molecule has 0 N–H and O–H groups in total. The number of alkyl halides is 4. The van der Waals surface area contributed by atoms with Gasteiger partial charge in [-0.3, -0.25) is 0 Å². The zero-order chi connectivity index (χ0) is 15.5. The minimum atomic E-state index is -4.29. The number of benzene rings is 2. The summed E-state index contributed by atoms with van der Waals surface area (Å²) >= 11 is 6.02. The average Bonchev–Trinajstić information content (AvgIpc) is 2.45. The Kier molecular flexibility index (Phi) is 4.94. The van der Waals surface area contributed by atoms with Crippen molar-refractivity contribution in [2.75, 3.05) is 5.88 Å². The number of halogens is 4. The summed E-state index contributed by atoms with van der Waals surface area (Å²) in [4.78, 5) is 0. The first kappa shape index (κ1) is 15.9. The molecule has 112 valence electrons. The van der Waals surface area contributed by atoms with Gasteiger partial charge in [-0.1, -0.05) is 42.0 Å². The van der Waals surface area contributed by atoms with E-state index in [0.717, 1.165) is 23.3 Å². The molecule has 0 saturated carbocycles. The van der Waals surface area contributed by atoms with E-state index < -0.39 is 11.7 Å². The summed E-state index contributed by atoms with van der Waals surface area (Å²) in [7, 11) is 0. The van der Waals surface area contributed by atoms with Crippen LogP contribution in [0, 0.1) is 6.92 Å². The lowest BCUT2D eigenvalue weighted by Gasteiger charge is -2.15. The van der Waals surface area contributed by atoms with Gasteiger partial charge in [-0.05, 0) is 36.6 Å². The lowest BCUT2D eigenvalue weighted by molar-refractivity contribution is -0.137. The lowest BCUT2D eigenvalue weighted by Crippen LogP contribution is -2.07. The largest absolute Gasteiger partial charge is 0.416 e. The van der Waals surface area contributed by atoms with Gasteiger partial charge in [0.2, 0.25) is 0 Å². The van der Waals surface area contributed by atoms with Gasteiger partial charge in [0.25, 0.3) is 0 Å². The maximum absolute atomic E-state index is 12.5. The molecular formula is C17H16ClF3. The summed E-state index contributed by atoms with van der Waals surface area (Å²) in [6, 6.07) is 13.4. The number of hydrogen-bond donors (Lipinski definition) is 0. The smallest absolute Gasteiger partial charge is 0.166 e. The fourth-order valence-corrected chi connectivity index (χ4v) is 2.50. The zero-order valence-electron chi connectivity index (χ0n) is 11.6. The van der Waals surface area contributed by atoms with Crippen LogP contribution in [0.5, 0.6) is 0 Å². The molecule has 0 saturated heterocycles. The highest BCUT2D eigenvalue weighted by atomic mass is 35.5. The Hall–Kier alpha value is -1.48. The molecule has 21 heavy (non-hydrogen) atoms. The number of rotatable bonds is 4. The Morgan fingerprint density at radius 1 is 0.952 bits per heavy atom. The van der Waals surface area contributed by atoms with Crippen LogP contribution in [0.1, 0.15) is 28.2 Å². The van der Waals surface area contributed by atoms with E-state index in [1.807, 2.05) is 31.2 Å². The van der Waals surface area contributed by atoms with E-state index >= 15 is 0 Å². The van der Waals surface area contributed by atoms with Crippen LogP contribution < -0.4 is 0 Å². The molecule has 0 aromatic heterocycles. The summed E-state index contributed by atoms with van der Waals surface area (Å²) in [5.74, 6) is 0.536. The van der Waals surface area contributed by atoms with E-state index in [1.54, 1.807) is 0 Å². The second-order valence-electron chi connectivity index (χ2n) is 5.16. The number of hydrogen-bond acceptors (Lipinski definition) is 0. The van der Waals surface area contributed by atoms with Crippen LogP contribution in [0.15, 0.2) is 48.5 Å². The van der Waals surface area contributed by atoms with Crippen molar-refractivity contribution in [3.8, 4) is 0 Å². The van der Waals surface area contributed by atoms with Crippen molar-refractivity contribution in [1.29, 1.82) is 0 Å². The summed E-state index contributed by atoms with van der Waals surface area (Å²) in [5.41, 5.74) is 2.51. The standard InChI is InChI=1S/C17H16ClF3/c1-12-2-6-14(7-3-12)15(11-18)10-13-4-8-16(9-5-13)17(19,20)21/h2-9,15H,10-11H2,1H3. The van der Waals surface area contributed by atoms with Gasteiger partial charge >= 0.3 is 6.18 Å². The Morgan fingerprint density at radius 3 is 2.00 bits per heavy atom. The van der Waals surface area contributed by atoms with Crippen molar-refractivity contribution in [2.45, 2.75) is 25.4 Å². The van der Waals surface area contributed by atoms with Crippen molar-refractivity contribution >= 4 is 11.6 Å². The Labute approximate surface area is 127 Å². The Balaban J connectivity index is 2.13. The molecule has 2 aromatic carbocycles. The molecule has 2 rings (SSSR count). The van der Waals surface area contributed by atoms with Gasteiger partial charge in [0.05, 0.1) is 5.56 Å². The molecule has 0 nitrogen and oxygen atoms in total. The van der Waals surface area contributed by atoms with E-state index in [1.165, 1.54) is 17.7 Å². The highest BCUT2D eigenvalue weighted by molar-refractivity contribution is 6.18. The van der Waals surface area contributed by atoms with E-state index in [4.69, 9.17) is 11.6 Å². The number of aryl methyl sites for hydroxylation is 1. The molecule has 0 aliphatic heterocycles. The average molecular weight is 313 g/mol. The third-order valence-corrected chi connectivity index (χ3v) is 3.87. The predicted molar refractivity (Wildman–Crippen MR) is 79.8 cm³/mol. The molecule has 4 heteroatoms. The van der Waals surface area contributed by atoms with Crippen molar-refractivity contribution in [3.05, 3.63) is 70.8 Å². The second-order valence-corrected chi connectivity index (χ2v) is 5.47. The van der Waals surface area contributed by atoms with Crippen molar-refractivity contribution in [3.63, 3.8) is 0 Å². The maximum atomic E-state index is 12.5. The van der Waals surface area contributed by atoms with Gasteiger partial charge in [-0.2, -0.15) is 13.2 Å². The minimum Gasteiger partial charge on any atom is -0.166 e. The highest BCUT2D eigenvalue weighted by Gasteiger charge is 2.30. The summed E-state index contributed by atoms with van der Waals surface area (Å²) in [6.07, 6.45) is -3.66. The lowest BCUT2D eigenvalue weighted by atomic mass is 9.92. The maximum Gasteiger partial charge on any atom is 0.416 e. The van der Waals surface area contributed by atoms with Crippen LogP contribution in [0.25, 0.3) is 0 Å². The quantitative estimate of drug-likeness (QED) is 0.647. The third-order valence-electron chi connectivity index (χ3n) is 3.50. The van der Waals surface area contributed by atoms with Crippen LogP contribution in [0.3, 0.4) is 0 Å². The van der Waals surface area contributed by atoms with E-state index in [0.29, 0.717) is 12.3 Å². The molecule has 0 fully saturated rings. The molecule has 0 heterocycles. The Bertz CT molecular complexity index is 570. The van der Waals surface area contributed by atoms with Crippen LogP contribution in [-0.2, 0) is 12.6 Å². The normalized spacial score (nSPS) is 13.2. The van der Waals surface area contributed by atoms with Crippen LogP contribution in [0.2, 0.25) is 0 Å². The van der Waals surface area contributed by atoms with Gasteiger partial charge in [-0.15, -0.1) is 11.6 Å². The van der Waals surface area contributed by atoms with Crippen molar-refractivity contribution in [2.24, 2.45) is 0 Å². The van der Waals surface area contributed by atoms with Crippen molar-refractivity contribution in [1.82, 2.24) is 0 Å². The minimum absolute atomic E-state index is 0.101. The fourth-order valence-electron chi connectivity index (χ4n) is 2.21. The molecule has 1 unspecified atom stereocenters. The first-order valence-electron chi connectivity index (χ1n) is 6.69. The summed E-state index contributed by atoms with van der Waals surface area (Å²) < 4.78 is 37.6. The first-order chi connectivity index (χ1) is 9.90. The summed E-state index contributed by atoms with van der Waals surface area (Å²) in [6.45, 7) is 2.01. The van der Waals surface area contributed by atoms with Crippen molar-refractivity contribution < 1.29 is 13.2 Å². The molecule has 0 amide bonds. The van der Waals surface area contributed by atoms with Gasteiger partial charge in [0.1, 0.15) is 0 Å². The van der Waals surface area contributed by atoms with Gasteiger partial charge in [0, 0.05) is 11.8 Å². The van der Waals surface area contributed by atoms with Gasteiger partial charge in [0.15, 0.2) is 0 Å². The molecular weight excluding hydrogens is 297 g/mol. The summed E-state index contributed by atoms with van der Waals surface area (Å²) in [5, 5.41) is 0. The van der Waals surface area contributed by atoms with E-state index in [9.17, 15) is 13.2 Å². The van der Waals surface area contributed by atoms with Crippen LogP contribution in [-0.4, -0.2) is 5.88 Å².